The number of thiophene rings is 1. The van der Waals surface area contributed by atoms with E-state index in [1.807, 2.05) is 48.7 Å². The SMILES string of the molecule is CC(NC(=O)C1(c2cccs2)CCOCC1)c1ccccc1. The Morgan fingerprint density at radius 3 is 2.55 bits per heavy atom. The van der Waals surface area contributed by atoms with Crippen LogP contribution in [-0.4, -0.2) is 19.1 Å². The first kappa shape index (κ1) is 15.3. The van der Waals surface area contributed by atoms with Crippen molar-refractivity contribution in [2.24, 2.45) is 0 Å². The van der Waals surface area contributed by atoms with Crippen LogP contribution in [0.4, 0.5) is 0 Å². The first-order chi connectivity index (χ1) is 10.7. The third-order valence-corrected chi connectivity index (χ3v) is 5.49. The first-order valence-electron chi connectivity index (χ1n) is 7.70. The van der Waals surface area contributed by atoms with Crippen molar-refractivity contribution >= 4 is 17.2 Å². The van der Waals surface area contributed by atoms with Crippen molar-refractivity contribution in [2.75, 3.05) is 13.2 Å². The number of hydrogen-bond acceptors (Lipinski definition) is 3. The van der Waals surface area contributed by atoms with Crippen molar-refractivity contribution in [1.29, 1.82) is 0 Å². The Kier molecular flexibility index (Phi) is 4.60. The molecule has 3 nitrogen and oxygen atoms in total. The maximum Gasteiger partial charge on any atom is 0.232 e. The highest BCUT2D eigenvalue weighted by Crippen LogP contribution is 2.38. The van der Waals surface area contributed by atoms with Crippen LogP contribution in [-0.2, 0) is 14.9 Å². The van der Waals surface area contributed by atoms with E-state index in [9.17, 15) is 4.79 Å². The van der Waals surface area contributed by atoms with Gasteiger partial charge >= 0.3 is 0 Å². The molecule has 1 aliphatic rings. The van der Waals surface area contributed by atoms with Gasteiger partial charge in [-0.3, -0.25) is 4.79 Å². The van der Waals surface area contributed by atoms with E-state index in [0.717, 1.165) is 23.3 Å². The standard InChI is InChI=1S/C18H21NO2S/c1-14(15-6-3-2-4-7-15)19-17(20)18(9-11-21-12-10-18)16-8-5-13-22-16/h2-8,13-14H,9-12H2,1H3,(H,19,20). The maximum atomic E-state index is 13.0. The van der Waals surface area contributed by atoms with Gasteiger partial charge < -0.3 is 10.1 Å². The number of ether oxygens (including phenoxy) is 1. The van der Waals surface area contributed by atoms with Gasteiger partial charge in [-0.15, -0.1) is 11.3 Å². The zero-order valence-corrected chi connectivity index (χ0v) is 13.6. The Bertz CT molecular complexity index is 603. The molecule has 0 aliphatic carbocycles. The minimum absolute atomic E-state index is 0.00776. The molecule has 1 amide bonds. The summed E-state index contributed by atoms with van der Waals surface area (Å²) in [6.07, 6.45) is 1.50. The summed E-state index contributed by atoms with van der Waals surface area (Å²) in [5.41, 5.74) is 0.694. The van der Waals surface area contributed by atoms with E-state index in [4.69, 9.17) is 4.74 Å². The fourth-order valence-corrected chi connectivity index (χ4v) is 4.00. The summed E-state index contributed by atoms with van der Waals surface area (Å²) in [7, 11) is 0. The summed E-state index contributed by atoms with van der Waals surface area (Å²) in [5, 5.41) is 5.25. The molecular formula is C18H21NO2S. The molecule has 2 heterocycles. The van der Waals surface area contributed by atoms with Crippen molar-refractivity contribution in [3.63, 3.8) is 0 Å². The fraction of sp³-hybridized carbons (Fsp3) is 0.389. The van der Waals surface area contributed by atoms with Crippen LogP contribution in [0, 0.1) is 0 Å². The van der Waals surface area contributed by atoms with Crippen molar-refractivity contribution in [1.82, 2.24) is 5.32 Å². The molecule has 4 heteroatoms. The van der Waals surface area contributed by atoms with Crippen LogP contribution in [0.15, 0.2) is 47.8 Å². The topological polar surface area (TPSA) is 38.3 Å². The summed E-state index contributed by atoms with van der Waals surface area (Å²) in [4.78, 5) is 14.2. The first-order valence-corrected chi connectivity index (χ1v) is 8.58. The summed E-state index contributed by atoms with van der Waals surface area (Å²) in [5.74, 6) is 0.120. The van der Waals surface area contributed by atoms with E-state index in [2.05, 4.69) is 11.4 Å². The van der Waals surface area contributed by atoms with Gasteiger partial charge in [0.1, 0.15) is 0 Å². The number of rotatable bonds is 4. The third-order valence-electron chi connectivity index (χ3n) is 4.42. The average molecular weight is 315 g/mol. The van der Waals surface area contributed by atoms with Crippen LogP contribution in [0.1, 0.15) is 36.2 Å². The molecule has 1 N–H and O–H groups in total. The Labute approximate surface area is 135 Å². The predicted octanol–water partition coefficient (Wildman–Crippen LogP) is 3.67. The van der Waals surface area contributed by atoms with Crippen molar-refractivity contribution in [3.05, 3.63) is 58.3 Å². The zero-order chi connectivity index (χ0) is 15.4. The van der Waals surface area contributed by atoms with E-state index >= 15 is 0 Å². The van der Waals surface area contributed by atoms with Gasteiger partial charge in [-0.2, -0.15) is 0 Å². The number of amides is 1. The lowest BCUT2D eigenvalue weighted by atomic mass is 9.77. The van der Waals surface area contributed by atoms with E-state index in [-0.39, 0.29) is 11.9 Å². The molecule has 1 unspecified atom stereocenters. The van der Waals surface area contributed by atoms with Crippen molar-refractivity contribution < 1.29 is 9.53 Å². The minimum atomic E-state index is -0.435. The number of benzene rings is 1. The molecule has 1 aromatic carbocycles. The Morgan fingerprint density at radius 1 is 1.18 bits per heavy atom. The van der Waals surface area contributed by atoms with Gasteiger partial charge in [0.05, 0.1) is 11.5 Å². The second kappa shape index (κ2) is 6.63. The van der Waals surface area contributed by atoms with Gasteiger partial charge in [-0.1, -0.05) is 36.4 Å². The highest BCUT2D eigenvalue weighted by molar-refractivity contribution is 7.10. The number of carbonyl (C=O) groups excluding carboxylic acids is 1. The Hall–Kier alpha value is -1.65. The summed E-state index contributed by atoms with van der Waals surface area (Å²) in [6.45, 7) is 3.32. The highest BCUT2D eigenvalue weighted by atomic mass is 32.1. The molecular weight excluding hydrogens is 294 g/mol. The van der Waals surface area contributed by atoms with Crippen LogP contribution in [0.3, 0.4) is 0 Å². The third kappa shape index (κ3) is 2.94. The fourth-order valence-electron chi connectivity index (χ4n) is 3.02. The molecule has 1 saturated heterocycles. The Morgan fingerprint density at radius 2 is 1.91 bits per heavy atom. The lowest BCUT2D eigenvalue weighted by Crippen LogP contribution is -2.48. The van der Waals surface area contributed by atoms with E-state index < -0.39 is 5.41 Å². The summed E-state index contributed by atoms with van der Waals surface area (Å²) < 4.78 is 5.49. The van der Waals surface area contributed by atoms with Crippen molar-refractivity contribution in [2.45, 2.75) is 31.2 Å². The van der Waals surface area contributed by atoms with Crippen molar-refractivity contribution in [3.8, 4) is 0 Å². The molecule has 0 saturated carbocycles. The lowest BCUT2D eigenvalue weighted by molar-refractivity contribution is -0.131. The molecule has 0 bridgehead atoms. The van der Waals surface area contributed by atoms with Gasteiger partial charge in [0.25, 0.3) is 0 Å². The number of nitrogens with one attached hydrogen (secondary N) is 1. The van der Waals surface area contributed by atoms with E-state index in [1.165, 1.54) is 0 Å². The highest BCUT2D eigenvalue weighted by Gasteiger charge is 2.42. The molecule has 1 fully saturated rings. The molecule has 0 radical (unpaired) electrons. The van der Waals surface area contributed by atoms with Gasteiger partial charge in [0, 0.05) is 18.1 Å². The summed E-state index contributed by atoms with van der Waals surface area (Å²) >= 11 is 1.66. The predicted molar refractivity (Wildman–Crippen MR) is 89.0 cm³/mol. The van der Waals surface area contributed by atoms with Gasteiger partial charge in [-0.05, 0) is 36.8 Å². The van der Waals surface area contributed by atoms with Crippen LogP contribution >= 0.6 is 11.3 Å². The van der Waals surface area contributed by atoms with E-state index in [1.54, 1.807) is 11.3 Å². The van der Waals surface area contributed by atoms with Gasteiger partial charge in [0.15, 0.2) is 0 Å². The average Bonchev–Trinajstić information content (AvgIpc) is 3.11. The number of carbonyl (C=O) groups is 1. The van der Waals surface area contributed by atoms with Crippen LogP contribution in [0.2, 0.25) is 0 Å². The van der Waals surface area contributed by atoms with Crippen LogP contribution in [0.5, 0.6) is 0 Å². The van der Waals surface area contributed by atoms with E-state index in [0.29, 0.717) is 13.2 Å². The Balaban J connectivity index is 1.81. The number of hydrogen-bond donors (Lipinski definition) is 1. The normalized spacial score (nSPS) is 18.6. The molecule has 116 valence electrons. The molecule has 0 spiro atoms. The summed E-state index contributed by atoms with van der Waals surface area (Å²) in [6, 6.07) is 14.2. The van der Waals surface area contributed by atoms with Gasteiger partial charge in [0.2, 0.25) is 5.91 Å². The molecule has 1 aromatic heterocycles. The molecule has 1 aliphatic heterocycles. The smallest absolute Gasteiger partial charge is 0.232 e. The second-order valence-electron chi connectivity index (χ2n) is 5.78. The largest absolute Gasteiger partial charge is 0.381 e. The maximum absolute atomic E-state index is 13.0. The van der Waals surface area contributed by atoms with Crippen LogP contribution in [0.25, 0.3) is 0 Å². The molecule has 3 rings (SSSR count). The molecule has 1 atom stereocenters. The quantitative estimate of drug-likeness (QED) is 0.935. The molecule has 22 heavy (non-hydrogen) atoms. The molecule has 2 aromatic rings. The van der Waals surface area contributed by atoms with Crippen LogP contribution < -0.4 is 5.32 Å². The monoisotopic (exact) mass is 315 g/mol. The minimum Gasteiger partial charge on any atom is -0.381 e. The lowest BCUT2D eigenvalue weighted by Gasteiger charge is -2.36. The second-order valence-corrected chi connectivity index (χ2v) is 6.73. The van der Waals surface area contributed by atoms with Gasteiger partial charge in [-0.25, -0.2) is 0 Å². The zero-order valence-electron chi connectivity index (χ0n) is 12.7.